The summed E-state index contributed by atoms with van der Waals surface area (Å²) >= 11 is 1.51. The van der Waals surface area contributed by atoms with Crippen molar-refractivity contribution in [2.24, 2.45) is 11.8 Å². The van der Waals surface area contributed by atoms with Crippen LogP contribution in [0.15, 0.2) is 36.9 Å². The number of rotatable bonds is 11. The Hall–Kier alpha value is -2.52. The smallest absolute Gasteiger partial charge is 0.308 e. The lowest BCUT2D eigenvalue weighted by molar-refractivity contribution is -0.150. The van der Waals surface area contributed by atoms with Crippen LogP contribution in [0.4, 0.5) is 11.4 Å². The molecular formula is C28H39N3O5S. The highest BCUT2D eigenvalue weighted by atomic mass is 32.2. The minimum Gasteiger partial charge on any atom is -0.481 e. The molecule has 9 heteroatoms. The molecule has 2 amide bonds. The fraction of sp³-hybridized carbons (Fsp3) is 0.607. The van der Waals surface area contributed by atoms with Gasteiger partial charge >= 0.3 is 5.97 Å². The van der Waals surface area contributed by atoms with E-state index >= 15 is 0 Å². The van der Waals surface area contributed by atoms with Crippen molar-refractivity contribution in [3.8, 4) is 0 Å². The molecule has 0 saturated carbocycles. The third kappa shape index (κ3) is 4.14. The van der Waals surface area contributed by atoms with E-state index in [1.54, 1.807) is 11.0 Å². The quantitative estimate of drug-likeness (QED) is 0.424. The molecule has 6 atom stereocenters. The predicted molar refractivity (Wildman–Crippen MR) is 147 cm³/mol. The number of aliphatic hydroxyl groups is 1. The largest absolute Gasteiger partial charge is 0.481 e. The highest BCUT2D eigenvalue weighted by Gasteiger charge is 2.78. The molecule has 2 N–H and O–H groups in total. The Kier molecular flexibility index (Phi) is 7.68. The van der Waals surface area contributed by atoms with Crippen molar-refractivity contribution in [3.05, 3.63) is 36.9 Å². The SMILES string of the molecule is C=CCN(C(=O)C1N([C@@H](CC)CO)C(=O)[C@@H]2[C@@H](C(=O)O)[C@@]3(C)CCC12S3)c1ccc(N(CC)CC)cc1. The highest BCUT2D eigenvalue weighted by Crippen LogP contribution is 2.71. The van der Waals surface area contributed by atoms with E-state index in [0.29, 0.717) is 24.9 Å². The Labute approximate surface area is 223 Å². The predicted octanol–water partition coefficient (Wildman–Crippen LogP) is 3.39. The van der Waals surface area contributed by atoms with Crippen LogP contribution in [0.25, 0.3) is 0 Å². The van der Waals surface area contributed by atoms with Crippen molar-refractivity contribution in [3.63, 3.8) is 0 Å². The van der Waals surface area contributed by atoms with Crippen molar-refractivity contribution >= 4 is 40.9 Å². The van der Waals surface area contributed by atoms with Gasteiger partial charge in [-0.2, -0.15) is 0 Å². The number of carbonyl (C=O) groups is 3. The number of carbonyl (C=O) groups excluding carboxylic acids is 2. The van der Waals surface area contributed by atoms with E-state index in [1.807, 2.05) is 38.1 Å². The summed E-state index contributed by atoms with van der Waals surface area (Å²) in [6.07, 6.45) is 3.35. The van der Waals surface area contributed by atoms with Gasteiger partial charge in [-0.25, -0.2) is 0 Å². The minimum atomic E-state index is -0.991. The number of hydrogen-bond acceptors (Lipinski definition) is 6. The number of fused-ring (bicyclic) bond motifs is 1. The maximum absolute atomic E-state index is 14.5. The van der Waals surface area contributed by atoms with Crippen molar-refractivity contribution < 1.29 is 24.6 Å². The molecule has 3 aliphatic heterocycles. The molecule has 4 rings (SSSR count). The third-order valence-electron chi connectivity index (χ3n) is 8.66. The molecule has 2 unspecified atom stereocenters. The zero-order valence-electron chi connectivity index (χ0n) is 22.2. The Balaban J connectivity index is 1.79. The van der Waals surface area contributed by atoms with Crippen LogP contribution in [0.1, 0.15) is 47.0 Å². The molecule has 1 spiro atoms. The van der Waals surface area contributed by atoms with Gasteiger partial charge in [0.15, 0.2) is 0 Å². The van der Waals surface area contributed by atoms with Crippen LogP contribution < -0.4 is 9.80 Å². The fourth-order valence-electron chi connectivity index (χ4n) is 6.86. The summed E-state index contributed by atoms with van der Waals surface area (Å²) in [5.41, 5.74) is 1.76. The molecule has 1 aromatic carbocycles. The Morgan fingerprint density at radius 2 is 1.81 bits per heavy atom. The topological polar surface area (TPSA) is 101 Å². The first-order chi connectivity index (χ1) is 17.6. The van der Waals surface area contributed by atoms with E-state index in [1.165, 1.54) is 16.7 Å². The Morgan fingerprint density at radius 1 is 1.19 bits per heavy atom. The zero-order chi connectivity index (χ0) is 27.1. The van der Waals surface area contributed by atoms with Crippen LogP contribution in [-0.2, 0) is 14.4 Å². The summed E-state index contributed by atoms with van der Waals surface area (Å²) in [5.74, 6) is -3.22. The molecule has 202 valence electrons. The maximum Gasteiger partial charge on any atom is 0.308 e. The summed E-state index contributed by atoms with van der Waals surface area (Å²) in [6.45, 7) is 13.5. The van der Waals surface area contributed by atoms with Gasteiger partial charge in [0.2, 0.25) is 5.91 Å². The fourth-order valence-corrected chi connectivity index (χ4v) is 9.19. The first-order valence-electron chi connectivity index (χ1n) is 13.3. The van der Waals surface area contributed by atoms with Crippen molar-refractivity contribution in [1.29, 1.82) is 0 Å². The van der Waals surface area contributed by atoms with Gasteiger partial charge in [0.05, 0.1) is 29.2 Å². The first-order valence-corrected chi connectivity index (χ1v) is 14.1. The third-order valence-corrected chi connectivity index (χ3v) is 10.6. The lowest BCUT2D eigenvalue weighted by atomic mass is 9.66. The molecule has 3 heterocycles. The van der Waals surface area contributed by atoms with Gasteiger partial charge in [0.25, 0.3) is 5.91 Å². The van der Waals surface area contributed by atoms with Crippen molar-refractivity contribution in [1.82, 2.24) is 4.90 Å². The number of carboxylic acids is 1. The average Bonchev–Trinajstić information content (AvgIpc) is 3.45. The molecule has 2 bridgehead atoms. The number of carboxylic acid groups (broad SMARTS) is 1. The van der Waals surface area contributed by atoms with Crippen molar-refractivity contribution in [2.75, 3.05) is 36.0 Å². The molecule has 0 aromatic heterocycles. The number of benzene rings is 1. The summed E-state index contributed by atoms with van der Waals surface area (Å²) in [5, 5.41) is 20.3. The normalized spacial score (nSPS) is 30.8. The maximum atomic E-state index is 14.5. The number of thioether (sulfide) groups is 1. The monoisotopic (exact) mass is 529 g/mol. The number of aliphatic hydroxyl groups excluding tert-OH is 1. The van der Waals surface area contributed by atoms with Crippen LogP contribution in [0.3, 0.4) is 0 Å². The van der Waals surface area contributed by atoms with E-state index < -0.39 is 39.4 Å². The van der Waals surface area contributed by atoms with E-state index in [4.69, 9.17) is 0 Å². The number of hydrogen-bond donors (Lipinski definition) is 2. The molecule has 1 aromatic rings. The summed E-state index contributed by atoms with van der Waals surface area (Å²) in [4.78, 5) is 46.3. The molecule has 3 fully saturated rings. The molecule has 0 radical (unpaired) electrons. The molecule has 8 nitrogen and oxygen atoms in total. The first kappa shape index (κ1) is 27.5. The van der Waals surface area contributed by atoms with E-state index in [9.17, 15) is 24.6 Å². The second-order valence-corrected chi connectivity index (χ2v) is 12.4. The standard InChI is InChI=1S/C28H39N3O5S/c1-6-16-30(20-12-10-19(11-13-20)29(8-3)9-4)25(34)23-28-15-14-27(5,37-28)22(26(35)36)21(28)24(33)31(23)18(7-2)17-32/h6,10-13,18,21-23,32H,1,7-9,14-17H2,2-5H3,(H,35,36)/t18-,21-,22-,23?,27+,28?/m0/s1. The second kappa shape index (κ2) is 10.3. The Bertz CT molecular complexity index is 1060. The summed E-state index contributed by atoms with van der Waals surface area (Å²) in [7, 11) is 0. The lowest BCUT2D eigenvalue weighted by Gasteiger charge is -2.39. The van der Waals surface area contributed by atoms with Gasteiger partial charge in [-0.15, -0.1) is 18.3 Å². The van der Waals surface area contributed by atoms with Crippen LogP contribution in [0.2, 0.25) is 0 Å². The Morgan fingerprint density at radius 3 is 2.32 bits per heavy atom. The molecule has 3 saturated heterocycles. The van der Waals surface area contributed by atoms with Gasteiger partial charge in [-0.1, -0.05) is 13.0 Å². The minimum absolute atomic E-state index is 0.249. The van der Waals surface area contributed by atoms with Gasteiger partial charge in [-0.3, -0.25) is 14.4 Å². The molecular weight excluding hydrogens is 490 g/mol. The number of aliphatic carboxylic acids is 1. The van der Waals surface area contributed by atoms with E-state index in [0.717, 1.165) is 18.8 Å². The van der Waals surface area contributed by atoms with Crippen LogP contribution >= 0.6 is 11.8 Å². The molecule has 0 aliphatic carbocycles. The molecule has 37 heavy (non-hydrogen) atoms. The van der Waals surface area contributed by atoms with Gasteiger partial charge < -0.3 is 24.9 Å². The van der Waals surface area contributed by atoms with E-state index in [2.05, 4.69) is 25.3 Å². The number of anilines is 2. The zero-order valence-corrected chi connectivity index (χ0v) is 23.0. The number of amides is 2. The van der Waals surface area contributed by atoms with Crippen LogP contribution in [0, 0.1) is 11.8 Å². The lowest BCUT2D eigenvalue weighted by Crippen LogP contribution is -2.57. The van der Waals surface area contributed by atoms with Crippen LogP contribution in [-0.4, -0.2) is 80.7 Å². The van der Waals surface area contributed by atoms with E-state index in [-0.39, 0.29) is 25.0 Å². The second-order valence-electron chi connectivity index (χ2n) is 10.5. The highest BCUT2D eigenvalue weighted by molar-refractivity contribution is 8.02. The number of likely N-dealkylation sites (tertiary alicyclic amines) is 1. The van der Waals surface area contributed by atoms with Crippen molar-refractivity contribution in [2.45, 2.75) is 68.5 Å². The summed E-state index contributed by atoms with van der Waals surface area (Å²) < 4.78 is -1.44. The van der Waals surface area contributed by atoms with Gasteiger partial charge in [-0.05, 0) is 64.3 Å². The van der Waals surface area contributed by atoms with Crippen LogP contribution in [0.5, 0.6) is 0 Å². The molecule has 3 aliphatic rings. The summed E-state index contributed by atoms with van der Waals surface area (Å²) in [6, 6.07) is 6.39. The average molecular weight is 530 g/mol. The van der Waals surface area contributed by atoms with Gasteiger partial charge in [0, 0.05) is 35.8 Å². The van der Waals surface area contributed by atoms with Gasteiger partial charge in [0.1, 0.15) is 6.04 Å². The number of nitrogens with zero attached hydrogens (tertiary/aromatic N) is 3.